The maximum absolute atomic E-state index is 2.77. The normalized spacial score (nSPS) is 40.3. The lowest BCUT2D eigenvalue weighted by atomic mass is 9.87. The fourth-order valence-corrected chi connectivity index (χ4v) is 3.72. The largest absolute Gasteiger partial charge is 0.298 e. The van der Waals surface area contributed by atoms with Gasteiger partial charge in [-0.2, -0.15) is 0 Å². The van der Waals surface area contributed by atoms with Crippen molar-refractivity contribution in [2.75, 3.05) is 26.2 Å². The molecule has 0 N–H and O–H groups in total. The fourth-order valence-electron chi connectivity index (χ4n) is 3.72. The van der Waals surface area contributed by atoms with Crippen molar-refractivity contribution in [3.05, 3.63) is 0 Å². The molecule has 3 heterocycles. The monoisotopic (exact) mass is 194 g/mol. The molecule has 3 fully saturated rings. The van der Waals surface area contributed by atoms with E-state index in [2.05, 4.69) is 9.80 Å². The van der Waals surface area contributed by atoms with Crippen LogP contribution in [0.1, 0.15) is 38.5 Å². The highest BCUT2D eigenvalue weighted by atomic mass is 15.3. The molecule has 0 aromatic rings. The molecule has 0 aromatic carbocycles. The van der Waals surface area contributed by atoms with Gasteiger partial charge in [-0.3, -0.25) is 9.80 Å². The standard InChI is InChI=1S/C12H22N2/c1-3-7-13-9-10-14-8-4-2-6-12(14)11(13)5-1/h11-12H,1-10H2/t11-,12+. The van der Waals surface area contributed by atoms with Crippen molar-refractivity contribution in [1.82, 2.24) is 9.80 Å². The molecule has 3 saturated heterocycles. The lowest BCUT2D eigenvalue weighted by molar-refractivity contribution is -0.0187. The molecule has 3 aliphatic heterocycles. The Bertz CT molecular complexity index is 182. The summed E-state index contributed by atoms with van der Waals surface area (Å²) in [5.74, 6) is 0. The summed E-state index contributed by atoms with van der Waals surface area (Å²) in [6, 6.07) is 1.86. The topological polar surface area (TPSA) is 6.48 Å². The molecular weight excluding hydrogens is 172 g/mol. The zero-order valence-corrected chi connectivity index (χ0v) is 9.12. The number of piperidine rings is 2. The summed E-state index contributed by atoms with van der Waals surface area (Å²) in [6.07, 6.45) is 8.80. The number of hydrogen-bond donors (Lipinski definition) is 0. The van der Waals surface area contributed by atoms with Crippen LogP contribution in [-0.2, 0) is 0 Å². The molecule has 3 rings (SSSR count). The van der Waals surface area contributed by atoms with Gasteiger partial charge in [-0.15, -0.1) is 0 Å². The van der Waals surface area contributed by atoms with Crippen LogP contribution in [0.25, 0.3) is 0 Å². The SMILES string of the molecule is C1CCN2CCN3CCCC[C@H]3[C@H]2C1. The van der Waals surface area contributed by atoms with Crippen LogP contribution in [0.2, 0.25) is 0 Å². The second-order valence-corrected chi connectivity index (χ2v) is 5.20. The summed E-state index contributed by atoms with van der Waals surface area (Å²) in [4.78, 5) is 5.55. The van der Waals surface area contributed by atoms with Crippen molar-refractivity contribution < 1.29 is 0 Å². The molecule has 2 heteroatoms. The Kier molecular flexibility index (Phi) is 2.50. The van der Waals surface area contributed by atoms with Crippen molar-refractivity contribution in [2.24, 2.45) is 0 Å². The van der Waals surface area contributed by atoms with Gasteiger partial charge in [0, 0.05) is 25.2 Å². The van der Waals surface area contributed by atoms with Crippen LogP contribution >= 0.6 is 0 Å². The van der Waals surface area contributed by atoms with E-state index in [0.29, 0.717) is 0 Å². The summed E-state index contributed by atoms with van der Waals surface area (Å²) in [5.41, 5.74) is 0. The van der Waals surface area contributed by atoms with E-state index in [4.69, 9.17) is 0 Å². The third-order valence-corrected chi connectivity index (χ3v) is 4.45. The van der Waals surface area contributed by atoms with Gasteiger partial charge < -0.3 is 0 Å². The Balaban J connectivity index is 1.74. The number of fused-ring (bicyclic) bond motifs is 3. The van der Waals surface area contributed by atoms with Gasteiger partial charge in [-0.05, 0) is 38.8 Å². The third kappa shape index (κ3) is 1.49. The number of nitrogens with zero attached hydrogens (tertiary/aromatic N) is 2. The van der Waals surface area contributed by atoms with Gasteiger partial charge in [0.2, 0.25) is 0 Å². The average Bonchev–Trinajstić information content (AvgIpc) is 2.29. The van der Waals surface area contributed by atoms with Crippen LogP contribution < -0.4 is 0 Å². The molecule has 2 nitrogen and oxygen atoms in total. The Hall–Kier alpha value is -0.0800. The van der Waals surface area contributed by atoms with E-state index in [1.54, 1.807) is 0 Å². The third-order valence-electron chi connectivity index (χ3n) is 4.45. The van der Waals surface area contributed by atoms with Gasteiger partial charge in [-0.1, -0.05) is 12.8 Å². The molecule has 0 spiro atoms. The first kappa shape index (κ1) is 9.17. The predicted molar refractivity (Wildman–Crippen MR) is 58.4 cm³/mol. The molecule has 14 heavy (non-hydrogen) atoms. The molecular formula is C12H22N2. The Morgan fingerprint density at radius 3 is 1.57 bits per heavy atom. The summed E-state index contributed by atoms with van der Waals surface area (Å²) in [7, 11) is 0. The van der Waals surface area contributed by atoms with Crippen LogP contribution in [0.3, 0.4) is 0 Å². The lowest BCUT2D eigenvalue weighted by Crippen LogP contribution is -2.61. The zero-order valence-electron chi connectivity index (χ0n) is 9.12. The molecule has 0 unspecified atom stereocenters. The fraction of sp³-hybridized carbons (Fsp3) is 1.00. The van der Waals surface area contributed by atoms with Crippen LogP contribution in [0.5, 0.6) is 0 Å². The quantitative estimate of drug-likeness (QED) is 0.579. The van der Waals surface area contributed by atoms with Gasteiger partial charge >= 0.3 is 0 Å². The summed E-state index contributed by atoms with van der Waals surface area (Å²) >= 11 is 0. The van der Waals surface area contributed by atoms with E-state index >= 15 is 0 Å². The molecule has 0 aliphatic carbocycles. The van der Waals surface area contributed by atoms with Crippen molar-refractivity contribution in [2.45, 2.75) is 50.6 Å². The van der Waals surface area contributed by atoms with Gasteiger partial charge in [-0.25, -0.2) is 0 Å². The van der Waals surface area contributed by atoms with Crippen molar-refractivity contribution in [3.63, 3.8) is 0 Å². The second kappa shape index (κ2) is 3.82. The van der Waals surface area contributed by atoms with Crippen molar-refractivity contribution in [3.8, 4) is 0 Å². The summed E-state index contributed by atoms with van der Waals surface area (Å²) in [5, 5.41) is 0. The second-order valence-electron chi connectivity index (χ2n) is 5.20. The predicted octanol–water partition coefficient (Wildman–Crippen LogP) is 1.71. The molecule has 2 atom stereocenters. The van der Waals surface area contributed by atoms with Gasteiger partial charge in [0.05, 0.1) is 0 Å². The first-order valence-electron chi connectivity index (χ1n) is 6.43. The summed E-state index contributed by atoms with van der Waals surface area (Å²) < 4.78 is 0. The molecule has 3 aliphatic rings. The van der Waals surface area contributed by atoms with Crippen LogP contribution in [0.15, 0.2) is 0 Å². The summed E-state index contributed by atoms with van der Waals surface area (Å²) in [6.45, 7) is 5.46. The number of hydrogen-bond acceptors (Lipinski definition) is 2. The number of rotatable bonds is 0. The van der Waals surface area contributed by atoms with Gasteiger partial charge in [0.1, 0.15) is 0 Å². The van der Waals surface area contributed by atoms with Crippen molar-refractivity contribution >= 4 is 0 Å². The van der Waals surface area contributed by atoms with E-state index in [0.717, 1.165) is 12.1 Å². The highest BCUT2D eigenvalue weighted by Gasteiger charge is 2.38. The van der Waals surface area contributed by atoms with Crippen molar-refractivity contribution in [1.29, 1.82) is 0 Å². The first-order valence-corrected chi connectivity index (χ1v) is 6.43. The van der Waals surface area contributed by atoms with E-state index in [1.807, 2.05) is 0 Å². The zero-order chi connectivity index (χ0) is 9.38. The maximum atomic E-state index is 2.77. The molecule has 0 radical (unpaired) electrons. The van der Waals surface area contributed by atoms with E-state index in [-0.39, 0.29) is 0 Å². The van der Waals surface area contributed by atoms with Crippen LogP contribution in [0.4, 0.5) is 0 Å². The van der Waals surface area contributed by atoms with E-state index < -0.39 is 0 Å². The molecule has 0 saturated carbocycles. The minimum atomic E-state index is 0.929. The first-order chi connectivity index (χ1) is 6.95. The van der Waals surface area contributed by atoms with Gasteiger partial charge in [0.15, 0.2) is 0 Å². The highest BCUT2D eigenvalue weighted by Crippen LogP contribution is 2.31. The Labute approximate surface area is 87.3 Å². The van der Waals surface area contributed by atoms with Crippen LogP contribution in [-0.4, -0.2) is 48.1 Å². The number of piperazine rings is 1. The minimum Gasteiger partial charge on any atom is -0.298 e. The van der Waals surface area contributed by atoms with Gasteiger partial charge in [0.25, 0.3) is 0 Å². The van der Waals surface area contributed by atoms with Crippen LogP contribution in [0, 0.1) is 0 Å². The van der Waals surface area contributed by atoms with E-state index in [9.17, 15) is 0 Å². The molecule has 80 valence electrons. The van der Waals surface area contributed by atoms with E-state index in [1.165, 1.54) is 64.7 Å². The molecule has 0 aromatic heterocycles. The average molecular weight is 194 g/mol. The highest BCUT2D eigenvalue weighted by molar-refractivity contribution is 4.95. The maximum Gasteiger partial charge on any atom is 0.0252 e. The Morgan fingerprint density at radius 1 is 0.571 bits per heavy atom. The molecule has 0 bridgehead atoms. The smallest absolute Gasteiger partial charge is 0.0252 e. The Morgan fingerprint density at radius 2 is 1.07 bits per heavy atom. The molecule has 0 amide bonds. The lowest BCUT2D eigenvalue weighted by Gasteiger charge is -2.51. The minimum absolute atomic E-state index is 0.929.